The van der Waals surface area contributed by atoms with Crippen LogP contribution in [0.2, 0.25) is 0 Å². The minimum absolute atomic E-state index is 0.364. The van der Waals surface area contributed by atoms with Crippen molar-refractivity contribution < 1.29 is 0 Å². The number of benzene rings is 1. The lowest BCUT2D eigenvalue weighted by Crippen LogP contribution is -2.33. The van der Waals surface area contributed by atoms with E-state index in [1.54, 1.807) is 0 Å². The SMILES string of the molecule is CCCNCC(C)(CC)Cc1ccc(Br)cc1. The van der Waals surface area contributed by atoms with Gasteiger partial charge in [0.05, 0.1) is 0 Å². The van der Waals surface area contributed by atoms with Crippen molar-refractivity contribution in [2.75, 3.05) is 13.1 Å². The minimum Gasteiger partial charge on any atom is -0.316 e. The van der Waals surface area contributed by atoms with Crippen molar-refractivity contribution in [2.45, 2.75) is 40.0 Å². The van der Waals surface area contributed by atoms with Crippen molar-refractivity contribution in [2.24, 2.45) is 5.41 Å². The van der Waals surface area contributed by atoms with Gasteiger partial charge in [-0.05, 0) is 48.9 Å². The van der Waals surface area contributed by atoms with Crippen LogP contribution in [0.25, 0.3) is 0 Å². The van der Waals surface area contributed by atoms with Gasteiger partial charge >= 0.3 is 0 Å². The molecule has 0 bridgehead atoms. The molecule has 96 valence electrons. The van der Waals surface area contributed by atoms with Gasteiger partial charge in [-0.1, -0.05) is 48.8 Å². The molecular weight excluding hydrogens is 274 g/mol. The maximum Gasteiger partial charge on any atom is 0.0175 e. The summed E-state index contributed by atoms with van der Waals surface area (Å²) in [7, 11) is 0. The Morgan fingerprint density at radius 2 is 1.82 bits per heavy atom. The first-order valence-corrected chi connectivity index (χ1v) is 7.34. The highest BCUT2D eigenvalue weighted by atomic mass is 79.9. The van der Waals surface area contributed by atoms with Gasteiger partial charge in [0.1, 0.15) is 0 Å². The lowest BCUT2D eigenvalue weighted by atomic mass is 9.81. The Bertz CT molecular complexity index is 320. The molecule has 1 N–H and O–H groups in total. The average molecular weight is 298 g/mol. The quantitative estimate of drug-likeness (QED) is 0.735. The molecule has 0 aliphatic carbocycles. The zero-order valence-corrected chi connectivity index (χ0v) is 12.8. The Morgan fingerprint density at radius 1 is 1.18 bits per heavy atom. The van der Waals surface area contributed by atoms with Crippen molar-refractivity contribution in [3.8, 4) is 0 Å². The molecule has 0 amide bonds. The van der Waals surface area contributed by atoms with Crippen molar-refractivity contribution in [3.63, 3.8) is 0 Å². The number of hydrogen-bond donors (Lipinski definition) is 1. The molecule has 0 saturated carbocycles. The van der Waals surface area contributed by atoms with Gasteiger partial charge in [-0.2, -0.15) is 0 Å². The van der Waals surface area contributed by atoms with Crippen molar-refractivity contribution in [1.82, 2.24) is 5.32 Å². The third-order valence-corrected chi connectivity index (χ3v) is 3.90. The number of halogens is 1. The molecule has 17 heavy (non-hydrogen) atoms. The second kappa shape index (κ2) is 7.17. The lowest BCUT2D eigenvalue weighted by molar-refractivity contribution is 0.291. The van der Waals surface area contributed by atoms with Gasteiger partial charge in [0.25, 0.3) is 0 Å². The summed E-state index contributed by atoms with van der Waals surface area (Å²) in [4.78, 5) is 0. The molecule has 1 rings (SSSR count). The van der Waals surface area contributed by atoms with Crippen LogP contribution >= 0.6 is 15.9 Å². The van der Waals surface area contributed by atoms with E-state index in [-0.39, 0.29) is 0 Å². The molecule has 0 heterocycles. The Labute approximate surface area is 114 Å². The third-order valence-electron chi connectivity index (χ3n) is 3.38. The fourth-order valence-corrected chi connectivity index (χ4v) is 2.24. The van der Waals surface area contributed by atoms with E-state index in [1.165, 1.54) is 18.4 Å². The number of nitrogens with one attached hydrogen (secondary N) is 1. The third kappa shape index (κ3) is 5.22. The van der Waals surface area contributed by atoms with Crippen molar-refractivity contribution in [3.05, 3.63) is 34.3 Å². The smallest absolute Gasteiger partial charge is 0.0175 e. The Kier molecular flexibility index (Phi) is 6.21. The second-order valence-electron chi connectivity index (χ2n) is 5.14. The van der Waals surface area contributed by atoms with Gasteiger partial charge < -0.3 is 5.32 Å². The zero-order chi connectivity index (χ0) is 12.7. The summed E-state index contributed by atoms with van der Waals surface area (Å²) in [6, 6.07) is 8.70. The van der Waals surface area contributed by atoms with E-state index in [9.17, 15) is 0 Å². The maximum absolute atomic E-state index is 3.55. The van der Waals surface area contributed by atoms with Crippen LogP contribution in [0.3, 0.4) is 0 Å². The van der Waals surface area contributed by atoms with Crippen LogP contribution in [0.15, 0.2) is 28.7 Å². The molecular formula is C15H24BrN. The Balaban J connectivity index is 2.58. The van der Waals surface area contributed by atoms with E-state index >= 15 is 0 Å². The summed E-state index contributed by atoms with van der Waals surface area (Å²) >= 11 is 3.48. The summed E-state index contributed by atoms with van der Waals surface area (Å²) in [6.45, 7) is 9.10. The zero-order valence-electron chi connectivity index (χ0n) is 11.2. The van der Waals surface area contributed by atoms with E-state index < -0.39 is 0 Å². The summed E-state index contributed by atoms with van der Waals surface area (Å²) < 4.78 is 1.16. The van der Waals surface area contributed by atoms with Gasteiger partial charge in [-0.3, -0.25) is 0 Å². The molecule has 1 nitrogen and oxygen atoms in total. The largest absolute Gasteiger partial charge is 0.316 e. The number of hydrogen-bond acceptors (Lipinski definition) is 1. The van der Waals surface area contributed by atoms with E-state index in [4.69, 9.17) is 0 Å². The van der Waals surface area contributed by atoms with Gasteiger partial charge in [-0.15, -0.1) is 0 Å². The van der Waals surface area contributed by atoms with Crippen LogP contribution in [-0.4, -0.2) is 13.1 Å². The molecule has 1 aromatic rings. The van der Waals surface area contributed by atoms with Gasteiger partial charge in [0.2, 0.25) is 0 Å². The molecule has 0 aliphatic heterocycles. The van der Waals surface area contributed by atoms with E-state index in [2.05, 4.69) is 66.3 Å². The minimum atomic E-state index is 0.364. The van der Waals surface area contributed by atoms with Crippen LogP contribution in [0.1, 0.15) is 39.2 Å². The van der Waals surface area contributed by atoms with Gasteiger partial charge in [0, 0.05) is 11.0 Å². The summed E-state index contributed by atoms with van der Waals surface area (Å²) in [5, 5.41) is 3.55. The van der Waals surface area contributed by atoms with E-state index in [0.29, 0.717) is 5.41 Å². The fraction of sp³-hybridized carbons (Fsp3) is 0.600. The molecule has 0 radical (unpaired) electrons. The lowest BCUT2D eigenvalue weighted by Gasteiger charge is -2.29. The second-order valence-corrected chi connectivity index (χ2v) is 6.06. The normalized spacial score (nSPS) is 14.6. The highest BCUT2D eigenvalue weighted by molar-refractivity contribution is 9.10. The molecule has 0 aromatic heterocycles. The van der Waals surface area contributed by atoms with Crippen LogP contribution in [-0.2, 0) is 6.42 Å². The molecule has 1 atom stereocenters. The Hall–Kier alpha value is -0.340. The standard InChI is InChI=1S/C15H24BrN/c1-4-10-17-12-15(3,5-2)11-13-6-8-14(16)9-7-13/h6-9,17H,4-5,10-12H2,1-3H3. The Morgan fingerprint density at radius 3 is 2.35 bits per heavy atom. The first-order valence-electron chi connectivity index (χ1n) is 6.55. The maximum atomic E-state index is 3.55. The van der Waals surface area contributed by atoms with Gasteiger partial charge in [-0.25, -0.2) is 0 Å². The molecule has 0 spiro atoms. The predicted octanol–water partition coefficient (Wildman–Crippen LogP) is 4.41. The summed E-state index contributed by atoms with van der Waals surface area (Å²) in [5.41, 5.74) is 1.79. The molecule has 0 fully saturated rings. The molecule has 0 saturated heterocycles. The van der Waals surface area contributed by atoms with Gasteiger partial charge in [0.15, 0.2) is 0 Å². The average Bonchev–Trinajstić information content (AvgIpc) is 2.33. The van der Waals surface area contributed by atoms with Crippen molar-refractivity contribution >= 4 is 15.9 Å². The van der Waals surface area contributed by atoms with Crippen LogP contribution < -0.4 is 5.32 Å². The number of rotatable bonds is 7. The molecule has 0 aliphatic rings. The van der Waals surface area contributed by atoms with Crippen LogP contribution in [0.4, 0.5) is 0 Å². The highest BCUT2D eigenvalue weighted by Gasteiger charge is 2.21. The summed E-state index contributed by atoms with van der Waals surface area (Å²) in [5.74, 6) is 0. The monoisotopic (exact) mass is 297 g/mol. The van der Waals surface area contributed by atoms with E-state index in [1.807, 2.05) is 0 Å². The predicted molar refractivity (Wildman–Crippen MR) is 79.4 cm³/mol. The fourth-order valence-electron chi connectivity index (χ4n) is 1.97. The molecule has 1 aromatic carbocycles. The van der Waals surface area contributed by atoms with Crippen LogP contribution in [0.5, 0.6) is 0 Å². The molecule has 1 unspecified atom stereocenters. The molecule has 2 heteroatoms. The summed E-state index contributed by atoms with van der Waals surface area (Å²) in [6.07, 6.45) is 3.56. The van der Waals surface area contributed by atoms with E-state index in [0.717, 1.165) is 24.0 Å². The van der Waals surface area contributed by atoms with Crippen LogP contribution in [0, 0.1) is 5.41 Å². The topological polar surface area (TPSA) is 12.0 Å². The highest BCUT2D eigenvalue weighted by Crippen LogP contribution is 2.26. The first-order chi connectivity index (χ1) is 8.09. The van der Waals surface area contributed by atoms with Crippen molar-refractivity contribution in [1.29, 1.82) is 0 Å². The first kappa shape index (κ1) is 14.7.